The molecule has 3 nitrogen and oxygen atoms in total. The molecule has 0 unspecified atom stereocenters. The predicted molar refractivity (Wildman–Crippen MR) is 65.1 cm³/mol. The molecule has 4 heteroatoms. The van der Waals surface area contributed by atoms with E-state index in [9.17, 15) is 4.79 Å². The Morgan fingerprint density at radius 2 is 2.00 bits per heavy atom. The molecule has 0 saturated carbocycles. The number of halogens is 1. The Labute approximate surface area is 101 Å². The molecule has 0 radical (unpaired) electrons. The third-order valence-electron chi connectivity index (χ3n) is 2.97. The normalized spacial score (nSPS) is 24.5. The van der Waals surface area contributed by atoms with Crippen LogP contribution in [0, 0.1) is 0 Å². The van der Waals surface area contributed by atoms with Crippen molar-refractivity contribution in [2.45, 2.75) is 24.8 Å². The molecule has 0 spiro atoms. The summed E-state index contributed by atoms with van der Waals surface area (Å²) in [6, 6.07) is 9.77. The van der Waals surface area contributed by atoms with Crippen LogP contribution in [0.25, 0.3) is 0 Å². The Kier molecular flexibility index (Phi) is 4.77. The Hall–Kier alpha value is -1.06. The molecular formula is C12H16ClNO2. The molecular weight excluding hydrogens is 226 g/mol. The fourth-order valence-corrected chi connectivity index (χ4v) is 2.13. The Balaban J connectivity index is 0.00000128. The Bertz CT molecular complexity index is 342. The Morgan fingerprint density at radius 1 is 1.31 bits per heavy atom. The second-order valence-corrected chi connectivity index (χ2v) is 3.98. The highest BCUT2D eigenvalue weighted by molar-refractivity contribution is 5.85. The van der Waals surface area contributed by atoms with Gasteiger partial charge in [-0.2, -0.15) is 0 Å². The number of carboxylic acid groups (broad SMARTS) is 1. The maximum Gasteiger partial charge on any atom is 0.320 e. The molecule has 1 aliphatic rings. The molecule has 2 atom stereocenters. The van der Waals surface area contributed by atoms with E-state index in [0.29, 0.717) is 12.3 Å². The van der Waals surface area contributed by atoms with Gasteiger partial charge in [-0.25, -0.2) is 0 Å². The molecule has 2 rings (SSSR count). The lowest BCUT2D eigenvalue weighted by Crippen LogP contribution is -2.42. The zero-order valence-corrected chi connectivity index (χ0v) is 9.74. The molecule has 1 aromatic rings. The van der Waals surface area contributed by atoms with E-state index in [1.165, 1.54) is 5.56 Å². The molecule has 16 heavy (non-hydrogen) atoms. The molecule has 0 bridgehead atoms. The van der Waals surface area contributed by atoms with Gasteiger partial charge in [0.15, 0.2) is 0 Å². The van der Waals surface area contributed by atoms with E-state index in [-0.39, 0.29) is 18.4 Å². The minimum absolute atomic E-state index is 0. The summed E-state index contributed by atoms with van der Waals surface area (Å²) in [6.45, 7) is 0.788. The zero-order valence-electron chi connectivity index (χ0n) is 8.93. The lowest BCUT2D eigenvalue weighted by molar-refractivity contribution is -0.140. The molecule has 0 aliphatic carbocycles. The van der Waals surface area contributed by atoms with Crippen LogP contribution < -0.4 is 5.32 Å². The van der Waals surface area contributed by atoms with E-state index in [0.717, 1.165) is 13.0 Å². The summed E-state index contributed by atoms with van der Waals surface area (Å²) < 4.78 is 0. The zero-order chi connectivity index (χ0) is 10.7. The second kappa shape index (κ2) is 5.87. The minimum atomic E-state index is -0.740. The van der Waals surface area contributed by atoms with Crippen molar-refractivity contribution in [1.82, 2.24) is 5.32 Å². The number of piperidine rings is 1. The topological polar surface area (TPSA) is 49.3 Å². The summed E-state index contributed by atoms with van der Waals surface area (Å²) in [5.41, 5.74) is 1.25. The average Bonchev–Trinajstić information content (AvgIpc) is 2.30. The summed E-state index contributed by atoms with van der Waals surface area (Å²) >= 11 is 0. The van der Waals surface area contributed by atoms with E-state index in [4.69, 9.17) is 5.11 Å². The monoisotopic (exact) mass is 241 g/mol. The number of benzene rings is 1. The van der Waals surface area contributed by atoms with Crippen LogP contribution >= 0.6 is 12.4 Å². The van der Waals surface area contributed by atoms with Crippen LogP contribution in [0.2, 0.25) is 0 Å². The third kappa shape index (κ3) is 2.97. The number of carboxylic acids is 1. The quantitative estimate of drug-likeness (QED) is 0.833. The van der Waals surface area contributed by atoms with Crippen LogP contribution in [-0.2, 0) is 4.79 Å². The molecule has 2 N–H and O–H groups in total. The van der Waals surface area contributed by atoms with Crippen molar-refractivity contribution in [2.75, 3.05) is 6.54 Å². The second-order valence-electron chi connectivity index (χ2n) is 3.98. The maximum atomic E-state index is 10.9. The molecule has 1 fully saturated rings. The lowest BCUT2D eigenvalue weighted by Gasteiger charge is -2.28. The van der Waals surface area contributed by atoms with Crippen LogP contribution in [-0.4, -0.2) is 23.7 Å². The van der Waals surface area contributed by atoms with Gasteiger partial charge in [-0.15, -0.1) is 12.4 Å². The summed E-state index contributed by atoms with van der Waals surface area (Å²) in [7, 11) is 0. The highest BCUT2D eigenvalue weighted by Gasteiger charge is 2.26. The number of carbonyl (C=O) groups is 1. The standard InChI is InChI=1S/C12H15NO2.ClH/c14-12(15)11-8-10(6-7-13-11)9-4-2-1-3-5-9;/h1-5,10-11,13H,6-8H2,(H,14,15);1H/t10-,11+;/m0./s1. The summed E-state index contributed by atoms with van der Waals surface area (Å²) in [5.74, 6) is -0.357. The van der Waals surface area contributed by atoms with Crippen LogP contribution in [0.4, 0.5) is 0 Å². The molecule has 1 aromatic carbocycles. The smallest absolute Gasteiger partial charge is 0.320 e. The number of hydrogen-bond acceptors (Lipinski definition) is 2. The van der Waals surface area contributed by atoms with Crippen molar-refractivity contribution in [1.29, 1.82) is 0 Å². The first-order valence-electron chi connectivity index (χ1n) is 5.28. The van der Waals surface area contributed by atoms with Gasteiger partial charge in [0.25, 0.3) is 0 Å². The minimum Gasteiger partial charge on any atom is -0.480 e. The van der Waals surface area contributed by atoms with Gasteiger partial charge in [0, 0.05) is 0 Å². The van der Waals surface area contributed by atoms with Crippen molar-refractivity contribution in [3.63, 3.8) is 0 Å². The van der Waals surface area contributed by atoms with E-state index in [2.05, 4.69) is 17.4 Å². The number of aliphatic carboxylic acids is 1. The lowest BCUT2D eigenvalue weighted by atomic mass is 9.86. The van der Waals surface area contributed by atoms with Gasteiger partial charge in [0.05, 0.1) is 0 Å². The maximum absolute atomic E-state index is 10.9. The van der Waals surface area contributed by atoms with Crippen LogP contribution in [0.5, 0.6) is 0 Å². The first-order chi connectivity index (χ1) is 7.27. The number of nitrogens with one attached hydrogen (secondary N) is 1. The van der Waals surface area contributed by atoms with Crippen LogP contribution in [0.15, 0.2) is 30.3 Å². The Morgan fingerprint density at radius 3 is 2.62 bits per heavy atom. The van der Waals surface area contributed by atoms with Crippen molar-refractivity contribution >= 4 is 18.4 Å². The first-order valence-corrected chi connectivity index (χ1v) is 5.28. The number of rotatable bonds is 2. The fraction of sp³-hybridized carbons (Fsp3) is 0.417. The summed E-state index contributed by atoms with van der Waals surface area (Å²) in [4.78, 5) is 10.9. The van der Waals surface area contributed by atoms with Gasteiger partial charge < -0.3 is 10.4 Å². The third-order valence-corrected chi connectivity index (χ3v) is 2.97. The fourth-order valence-electron chi connectivity index (χ4n) is 2.13. The van der Waals surface area contributed by atoms with Crippen molar-refractivity contribution < 1.29 is 9.90 Å². The van der Waals surface area contributed by atoms with Crippen molar-refractivity contribution in [3.05, 3.63) is 35.9 Å². The largest absolute Gasteiger partial charge is 0.480 e. The molecule has 1 aliphatic heterocycles. The molecule has 0 aromatic heterocycles. The molecule has 88 valence electrons. The SMILES string of the molecule is Cl.O=C(O)[C@H]1C[C@@H](c2ccccc2)CCN1. The summed E-state index contributed by atoms with van der Waals surface area (Å²) in [6.07, 6.45) is 1.72. The van der Waals surface area contributed by atoms with Crippen molar-refractivity contribution in [3.8, 4) is 0 Å². The van der Waals surface area contributed by atoms with Crippen molar-refractivity contribution in [2.24, 2.45) is 0 Å². The average molecular weight is 242 g/mol. The van der Waals surface area contributed by atoms with E-state index >= 15 is 0 Å². The van der Waals surface area contributed by atoms with E-state index in [1.807, 2.05) is 18.2 Å². The highest BCUT2D eigenvalue weighted by Crippen LogP contribution is 2.27. The molecule has 0 amide bonds. The number of hydrogen-bond donors (Lipinski definition) is 2. The van der Waals surface area contributed by atoms with E-state index in [1.54, 1.807) is 0 Å². The van der Waals surface area contributed by atoms with Crippen LogP contribution in [0.1, 0.15) is 24.3 Å². The van der Waals surface area contributed by atoms with Gasteiger partial charge in [-0.05, 0) is 30.9 Å². The van der Waals surface area contributed by atoms with Gasteiger partial charge in [-0.3, -0.25) is 4.79 Å². The van der Waals surface area contributed by atoms with Gasteiger partial charge in [-0.1, -0.05) is 30.3 Å². The predicted octanol–water partition coefficient (Wildman–Crippen LogP) is 2.03. The van der Waals surface area contributed by atoms with Gasteiger partial charge in [0.1, 0.15) is 6.04 Å². The van der Waals surface area contributed by atoms with Crippen LogP contribution in [0.3, 0.4) is 0 Å². The van der Waals surface area contributed by atoms with E-state index < -0.39 is 5.97 Å². The summed E-state index contributed by atoms with van der Waals surface area (Å²) in [5, 5.41) is 12.0. The first kappa shape index (κ1) is 13.0. The molecule has 1 heterocycles. The van der Waals surface area contributed by atoms with Gasteiger partial charge >= 0.3 is 5.97 Å². The highest BCUT2D eigenvalue weighted by atomic mass is 35.5. The van der Waals surface area contributed by atoms with Gasteiger partial charge in [0.2, 0.25) is 0 Å². The molecule has 1 saturated heterocycles.